The van der Waals surface area contributed by atoms with Crippen molar-refractivity contribution in [1.82, 2.24) is 14.9 Å². The SMILES string of the molecule is CNc1nc2cc3c(cc2n1C(C)(C)C)CNC3. The van der Waals surface area contributed by atoms with Gasteiger partial charge in [-0.3, -0.25) is 0 Å². The first-order chi connectivity index (χ1) is 8.50. The predicted molar refractivity (Wildman–Crippen MR) is 74.8 cm³/mol. The van der Waals surface area contributed by atoms with E-state index in [1.807, 2.05) is 7.05 Å². The number of hydrogen-bond acceptors (Lipinski definition) is 3. The first-order valence-corrected chi connectivity index (χ1v) is 6.44. The van der Waals surface area contributed by atoms with E-state index in [0.29, 0.717) is 0 Å². The van der Waals surface area contributed by atoms with Crippen molar-refractivity contribution < 1.29 is 0 Å². The average molecular weight is 244 g/mol. The number of nitrogens with zero attached hydrogens (tertiary/aromatic N) is 2. The number of hydrogen-bond donors (Lipinski definition) is 2. The fourth-order valence-corrected chi connectivity index (χ4v) is 2.72. The molecule has 96 valence electrons. The van der Waals surface area contributed by atoms with Crippen LogP contribution in [0.1, 0.15) is 31.9 Å². The second kappa shape index (κ2) is 3.72. The molecule has 2 N–H and O–H groups in total. The molecule has 3 rings (SSSR count). The molecule has 0 aliphatic carbocycles. The fourth-order valence-electron chi connectivity index (χ4n) is 2.72. The van der Waals surface area contributed by atoms with Gasteiger partial charge in [-0.15, -0.1) is 0 Å². The lowest BCUT2D eigenvalue weighted by Gasteiger charge is -2.24. The molecule has 1 aromatic heterocycles. The highest BCUT2D eigenvalue weighted by Crippen LogP contribution is 2.31. The Kier molecular flexibility index (Phi) is 2.38. The van der Waals surface area contributed by atoms with E-state index < -0.39 is 0 Å². The molecular formula is C14H20N4. The molecule has 0 amide bonds. The minimum absolute atomic E-state index is 0.0212. The summed E-state index contributed by atoms with van der Waals surface area (Å²) < 4.78 is 2.28. The van der Waals surface area contributed by atoms with Crippen LogP contribution in [0.5, 0.6) is 0 Å². The van der Waals surface area contributed by atoms with Gasteiger partial charge in [0.25, 0.3) is 0 Å². The Hall–Kier alpha value is -1.55. The zero-order valence-electron chi connectivity index (χ0n) is 11.5. The van der Waals surface area contributed by atoms with Gasteiger partial charge in [-0.05, 0) is 44.0 Å². The van der Waals surface area contributed by atoms with Gasteiger partial charge in [0.2, 0.25) is 5.95 Å². The standard InChI is InChI=1S/C14H20N4/c1-14(2,3)18-12-6-10-8-16-7-9(10)5-11(12)17-13(18)15-4/h5-6,16H,7-8H2,1-4H3,(H,15,17). The van der Waals surface area contributed by atoms with Gasteiger partial charge >= 0.3 is 0 Å². The van der Waals surface area contributed by atoms with Gasteiger partial charge in [-0.1, -0.05) is 0 Å². The number of aromatic nitrogens is 2. The van der Waals surface area contributed by atoms with Crippen molar-refractivity contribution in [2.45, 2.75) is 39.4 Å². The van der Waals surface area contributed by atoms with Gasteiger partial charge in [-0.2, -0.15) is 0 Å². The largest absolute Gasteiger partial charge is 0.359 e. The van der Waals surface area contributed by atoms with E-state index >= 15 is 0 Å². The topological polar surface area (TPSA) is 41.9 Å². The summed E-state index contributed by atoms with van der Waals surface area (Å²) in [5.41, 5.74) is 5.10. The van der Waals surface area contributed by atoms with Crippen LogP contribution >= 0.6 is 0 Å². The van der Waals surface area contributed by atoms with Crippen LogP contribution in [0.3, 0.4) is 0 Å². The number of fused-ring (bicyclic) bond motifs is 2. The molecule has 1 aliphatic rings. The summed E-state index contributed by atoms with van der Waals surface area (Å²) in [5.74, 6) is 0.939. The highest BCUT2D eigenvalue weighted by atomic mass is 15.2. The molecule has 2 heterocycles. The van der Waals surface area contributed by atoms with E-state index in [9.17, 15) is 0 Å². The predicted octanol–water partition coefficient (Wildman–Crippen LogP) is 2.44. The van der Waals surface area contributed by atoms with E-state index in [2.05, 4.69) is 48.1 Å². The maximum Gasteiger partial charge on any atom is 0.204 e. The molecular weight excluding hydrogens is 224 g/mol. The Morgan fingerprint density at radius 3 is 2.50 bits per heavy atom. The normalized spacial score (nSPS) is 15.1. The highest BCUT2D eigenvalue weighted by Gasteiger charge is 2.22. The average Bonchev–Trinajstić information content (AvgIpc) is 2.86. The molecule has 4 heteroatoms. The molecule has 0 saturated carbocycles. The van der Waals surface area contributed by atoms with E-state index in [0.717, 1.165) is 24.6 Å². The van der Waals surface area contributed by atoms with Crippen molar-refractivity contribution in [3.63, 3.8) is 0 Å². The van der Waals surface area contributed by atoms with Crippen molar-refractivity contribution in [2.24, 2.45) is 0 Å². The van der Waals surface area contributed by atoms with Crippen LogP contribution in [0.15, 0.2) is 12.1 Å². The molecule has 1 aromatic carbocycles. The van der Waals surface area contributed by atoms with Crippen molar-refractivity contribution in [3.05, 3.63) is 23.3 Å². The lowest BCUT2D eigenvalue weighted by Crippen LogP contribution is -2.23. The number of anilines is 1. The van der Waals surface area contributed by atoms with E-state index in [1.54, 1.807) is 0 Å². The van der Waals surface area contributed by atoms with Crippen molar-refractivity contribution in [3.8, 4) is 0 Å². The molecule has 0 fully saturated rings. The molecule has 0 saturated heterocycles. The Labute approximate surface area is 107 Å². The van der Waals surface area contributed by atoms with Gasteiger partial charge < -0.3 is 15.2 Å². The fraction of sp³-hybridized carbons (Fsp3) is 0.500. The van der Waals surface area contributed by atoms with Gasteiger partial charge in [0.05, 0.1) is 11.0 Å². The minimum atomic E-state index is 0.0212. The Morgan fingerprint density at radius 2 is 1.89 bits per heavy atom. The van der Waals surface area contributed by atoms with Crippen LogP contribution < -0.4 is 10.6 Å². The molecule has 0 unspecified atom stereocenters. The van der Waals surface area contributed by atoms with Crippen LogP contribution in [0, 0.1) is 0 Å². The summed E-state index contributed by atoms with van der Waals surface area (Å²) in [7, 11) is 1.93. The molecule has 0 spiro atoms. The molecule has 2 aromatic rings. The van der Waals surface area contributed by atoms with Crippen LogP contribution in [0.2, 0.25) is 0 Å². The molecule has 4 nitrogen and oxygen atoms in total. The summed E-state index contributed by atoms with van der Waals surface area (Å²) in [6.07, 6.45) is 0. The van der Waals surface area contributed by atoms with Crippen LogP contribution in [-0.2, 0) is 18.6 Å². The maximum absolute atomic E-state index is 4.70. The molecule has 1 aliphatic heterocycles. The third-order valence-electron chi connectivity index (χ3n) is 3.50. The van der Waals surface area contributed by atoms with Crippen molar-refractivity contribution >= 4 is 17.0 Å². The maximum atomic E-state index is 4.70. The smallest absolute Gasteiger partial charge is 0.204 e. The first kappa shape index (κ1) is 11.5. The molecule has 0 radical (unpaired) electrons. The van der Waals surface area contributed by atoms with Crippen molar-refractivity contribution in [2.75, 3.05) is 12.4 Å². The lowest BCUT2D eigenvalue weighted by atomic mass is 10.1. The number of nitrogens with one attached hydrogen (secondary N) is 2. The quantitative estimate of drug-likeness (QED) is 0.809. The third-order valence-corrected chi connectivity index (χ3v) is 3.50. The van der Waals surface area contributed by atoms with Crippen molar-refractivity contribution in [1.29, 1.82) is 0 Å². The lowest BCUT2D eigenvalue weighted by molar-refractivity contribution is 0.413. The van der Waals surface area contributed by atoms with E-state index in [1.165, 1.54) is 16.6 Å². The highest BCUT2D eigenvalue weighted by molar-refractivity contribution is 5.81. The van der Waals surface area contributed by atoms with Crippen LogP contribution in [-0.4, -0.2) is 16.6 Å². The monoisotopic (exact) mass is 244 g/mol. The summed E-state index contributed by atoms with van der Waals surface area (Å²) in [6, 6.07) is 4.50. The number of rotatable bonds is 1. The van der Waals surface area contributed by atoms with Crippen LogP contribution in [0.4, 0.5) is 5.95 Å². The summed E-state index contributed by atoms with van der Waals surface area (Å²) >= 11 is 0. The van der Waals surface area contributed by atoms with E-state index in [4.69, 9.17) is 4.98 Å². The van der Waals surface area contributed by atoms with Gasteiger partial charge in [-0.25, -0.2) is 4.98 Å². The first-order valence-electron chi connectivity index (χ1n) is 6.44. The summed E-state index contributed by atoms with van der Waals surface area (Å²) in [4.78, 5) is 4.70. The summed E-state index contributed by atoms with van der Waals surface area (Å²) in [5, 5.41) is 6.59. The summed E-state index contributed by atoms with van der Waals surface area (Å²) in [6.45, 7) is 8.55. The zero-order chi connectivity index (χ0) is 12.9. The molecule has 0 atom stereocenters. The third kappa shape index (κ3) is 1.60. The Morgan fingerprint density at radius 1 is 1.22 bits per heavy atom. The second-order valence-corrected chi connectivity index (χ2v) is 5.90. The zero-order valence-corrected chi connectivity index (χ0v) is 11.5. The number of imidazole rings is 1. The van der Waals surface area contributed by atoms with Gasteiger partial charge in [0.15, 0.2) is 0 Å². The molecule has 18 heavy (non-hydrogen) atoms. The minimum Gasteiger partial charge on any atom is -0.359 e. The van der Waals surface area contributed by atoms with Gasteiger partial charge in [0, 0.05) is 25.7 Å². The Balaban J connectivity index is 2.32. The number of benzene rings is 1. The Bertz CT molecular complexity index is 604. The molecule has 0 bridgehead atoms. The second-order valence-electron chi connectivity index (χ2n) is 5.90. The van der Waals surface area contributed by atoms with Crippen LogP contribution in [0.25, 0.3) is 11.0 Å². The van der Waals surface area contributed by atoms with Gasteiger partial charge in [0.1, 0.15) is 0 Å². The van der Waals surface area contributed by atoms with E-state index in [-0.39, 0.29) is 5.54 Å².